The van der Waals surface area contributed by atoms with E-state index in [2.05, 4.69) is 52.9 Å². The molecule has 1 aliphatic heterocycles. The summed E-state index contributed by atoms with van der Waals surface area (Å²) in [7, 11) is 0. The smallest absolute Gasteiger partial charge is 0.0239 e. The minimum atomic E-state index is 0.738. The number of rotatable bonds is 2. The molecule has 2 heteroatoms. The average Bonchev–Trinajstić information content (AvgIpc) is 2.26. The molecule has 1 aliphatic rings. The van der Waals surface area contributed by atoms with Gasteiger partial charge in [-0.2, -0.15) is 0 Å². The second-order valence-corrected chi connectivity index (χ2v) is 6.12. The van der Waals surface area contributed by atoms with E-state index in [0.717, 1.165) is 11.4 Å². The normalized spacial score (nSPS) is 18.9. The maximum absolute atomic E-state index is 3.70. The summed E-state index contributed by atoms with van der Waals surface area (Å²) in [6.45, 7) is 8.02. The molecule has 0 atom stereocenters. The lowest BCUT2D eigenvalue weighted by Gasteiger charge is -2.30. The number of hydrogen-bond acceptors (Lipinski definition) is 1. The van der Waals surface area contributed by atoms with Crippen molar-refractivity contribution in [3.05, 3.63) is 34.9 Å². The first-order chi connectivity index (χ1) is 7.66. The number of piperidine rings is 1. The summed E-state index contributed by atoms with van der Waals surface area (Å²) in [5.74, 6) is 0. The van der Waals surface area contributed by atoms with Crippen LogP contribution < -0.4 is 0 Å². The topological polar surface area (TPSA) is 3.24 Å². The van der Waals surface area contributed by atoms with Gasteiger partial charge in [-0.15, -0.1) is 0 Å². The molecular weight excluding hydrogens is 262 g/mol. The van der Waals surface area contributed by atoms with E-state index in [4.69, 9.17) is 0 Å². The van der Waals surface area contributed by atoms with Gasteiger partial charge in [0.15, 0.2) is 0 Å². The minimum absolute atomic E-state index is 0.738. The zero-order chi connectivity index (χ0) is 11.5. The van der Waals surface area contributed by atoms with E-state index in [1.165, 1.54) is 42.6 Å². The molecule has 2 rings (SSSR count). The Morgan fingerprint density at radius 2 is 1.75 bits per heavy atom. The van der Waals surface area contributed by atoms with Crippen LogP contribution in [0.3, 0.4) is 0 Å². The first-order valence-electron chi connectivity index (χ1n) is 6.08. The Hall–Kier alpha value is -0.340. The largest absolute Gasteiger partial charge is 0.299 e. The van der Waals surface area contributed by atoms with Crippen LogP contribution in [0, 0.1) is 13.8 Å². The molecule has 1 nitrogen and oxygen atoms in total. The van der Waals surface area contributed by atoms with E-state index in [-0.39, 0.29) is 0 Å². The molecule has 0 aromatic heterocycles. The molecule has 88 valence electrons. The number of alkyl halides is 1. The van der Waals surface area contributed by atoms with Gasteiger partial charge in [-0.1, -0.05) is 34.1 Å². The number of likely N-dealkylation sites (tertiary alicyclic amines) is 1. The summed E-state index contributed by atoms with van der Waals surface area (Å²) in [6, 6.07) is 6.60. The van der Waals surface area contributed by atoms with Gasteiger partial charge in [0.05, 0.1) is 0 Å². The number of hydrogen-bond donors (Lipinski definition) is 0. The van der Waals surface area contributed by atoms with Crippen molar-refractivity contribution in [3.63, 3.8) is 0 Å². The Kier molecular flexibility index (Phi) is 4.04. The summed E-state index contributed by atoms with van der Waals surface area (Å²) in [6.07, 6.45) is 2.57. The molecule has 0 aliphatic carbocycles. The quantitative estimate of drug-likeness (QED) is 0.748. The van der Waals surface area contributed by atoms with Crippen LogP contribution in [0.2, 0.25) is 0 Å². The van der Waals surface area contributed by atoms with Crippen molar-refractivity contribution < 1.29 is 0 Å². The molecule has 0 amide bonds. The lowest BCUT2D eigenvalue weighted by molar-refractivity contribution is 0.225. The second-order valence-electron chi connectivity index (χ2n) is 4.82. The van der Waals surface area contributed by atoms with Gasteiger partial charge in [-0.05, 0) is 56.5 Å². The Labute approximate surface area is 107 Å². The molecule has 1 aromatic carbocycles. The molecule has 1 fully saturated rings. The maximum Gasteiger partial charge on any atom is 0.0239 e. The summed E-state index contributed by atoms with van der Waals surface area (Å²) in [4.78, 5) is 3.31. The summed E-state index contributed by atoms with van der Waals surface area (Å²) < 4.78 is 0. The van der Waals surface area contributed by atoms with Crippen LogP contribution in [0.4, 0.5) is 0 Å². The van der Waals surface area contributed by atoms with Crippen LogP contribution in [0.25, 0.3) is 0 Å². The van der Waals surface area contributed by atoms with E-state index in [1.807, 2.05) is 0 Å². The van der Waals surface area contributed by atoms with Gasteiger partial charge in [0.1, 0.15) is 0 Å². The fraction of sp³-hybridized carbons (Fsp3) is 0.571. The van der Waals surface area contributed by atoms with Crippen molar-refractivity contribution in [2.24, 2.45) is 0 Å². The highest BCUT2D eigenvalue weighted by Gasteiger charge is 2.17. The second kappa shape index (κ2) is 5.33. The molecule has 0 spiro atoms. The lowest BCUT2D eigenvalue weighted by atomic mass is 10.0. The van der Waals surface area contributed by atoms with Crippen molar-refractivity contribution >= 4 is 15.9 Å². The van der Waals surface area contributed by atoms with Gasteiger partial charge in [-0.3, -0.25) is 4.90 Å². The number of benzene rings is 1. The van der Waals surface area contributed by atoms with E-state index in [0.29, 0.717) is 0 Å². The summed E-state index contributed by atoms with van der Waals surface area (Å²) >= 11 is 3.70. The van der Waals surface area contributed by atoms with E-state index >= 15 is 0 Å². The standard InChI is InChI=1S/C14H20BrN/c1-11-4-3-5-12(2)14(11)10-16-8-6-13(15)7-9-16/h3-5,13H,6-10H2,1-2H3. The molecular formula is C14H20BrN. The molecule has 0 bridgehead atoms. The SMILES string of the molecule is Cc1cccc(C)c1CN1CCC(Br)CC1. The Morgan fingerprint density at radius 3 is 2.31 bits per heavy atom. The van der Waals surface area contributed by atoms with E-state index in [1.54, 1.807) is 0 Å². The van der Waals surface area contributed by atoms with Gasteiger partial charge in [0.2, 0.25) is 0 Å². The van der Waals surface area contributed by atoms with Crippen molar-refractivity contribution in [2.45, 2.75) is 38.1 Å². The van der Waals surface area contributed by atoms with E-state index < -0.39 is 0 Å². The summed E-state index contributed by atoms with van der Waals surface area (Å²) in [5, 5.41) is 0. The molecule has 1 aromatic rings. The highest BCUT2D eigenvalue weighted by molar-refractivity contribution is 9.09. The fourth-order valence-corrected chi connectivity index (χ4v) is 2.79. The van der Waals surface area contributed by atoms with Crippen molar-refractivity contribution in [1.29, 1.82) is 0 Å². The maximum atomic E-state index is 3.70. The first kappa shape index (κ1) is 12.1. The number of nitrogens with zero attached hydrogens (tertiary/aromatic N) is 1. The van der Waals surface area contributed by atoms with Crippen LogP contribution >= 0.6 is 15.9 Å². The molecule has 1 saturated heterocycles. The molecule has 1 heterocycles. The van der Waals surface area contributed by atoms with Crippen LogP contribution in [0.1, 0.15) is 29.5 Å². The van der Waals surface area contributed by atoms with Gasteiger partial charge >= 0.3 is 0 Å². The highest BCUT2D eigenvalue weighted by Crippen LogP contribution is 2.21. The van der Waals surface area contributed by atoms with Gasteiger partial charge in [0.25, 0.3) is 0 Å². The molecule has 0 saturated carbocycles. The van der Waals surface area contributed by atoms with Crippen molar-refractivity contribution in [3.8, 4) is 0 Å². The lowest BCUT2D eigenvalue weighted by Crippen LogP contribution is -2.33. The summed E-state index contributed by atoms with van der Waals surface area (Å²) in [5.41, 5.74) is 4.39. The van der Waals surface area contributed by atoms with Crippen molar-refractivity contribution in [1.82, 2.24) is 4.90 Å². The van der Waals surface area contributed by atoms with Crippen LogP contribution in [-0.2, 0) is 6.54 Å². The first-order valence-corrected chi connectivity index (χ1v) is 7.00. The highest BCUT2D eigenvalue weighted by atomic mass is 79.9. The Bertz CT molecular complexity index is 334. The molecule has 0 unspecified atom stereocenters. The fourth-order valence-electron chi connectivity index (χ4n) is 2.38. The zero-order valence-electron chi connectivity index (χ0n) is 10.2. The van der Waals surface area contributed by atoms with E-state index in [9.17, 15) is 0 Å². The molecule has 16 heavy (non-hydrogen) atoms. The van der Waals surface area contributed by atoms with Crippen LogP contribution in [-0.4, -0.2) is 22.8 Å². The third-order valence-electron chi connectivity index (χ3n) is 3.54. The monoisotopic (exact) mass is 281 g/mol. The average molecular weight is 282 g/mol. The molecule has 0 radical (unpaired) electrons. The van der Waals surface area contributed by atoms with Gasteiger partial charge < -0.3 is 0 Å². The Balaban J connectivity index is 2.04. The van der Waals surface area contributed by atoms with Crippen LogP contribution in [0.15, 0.2) is 18.2 Å². The van der Waals surface area contributed by atoms with Crippen LogP contribution in [0.5, 0.6) is 0 Å². The van der Waals surface area contributed by atoms with Gasteiger partial charge in [0, 0.05) is 11.4 Å². The predicted molar refractivity (Wildman–Crippen MR) is 73.1 cm³/mol. The zero-order valence-corrected chi connectivity index (χ0v) is 11.8. The Morgan fingerprint density at radius 1 is 1.19 bits per heavy atom. The molecule has 0 N–H and O–H groups in total. The predicted octanol–water partition coefficient (Wildman–Crippen LogP) is 3.66. The number of halogens is 1. The van der Waals surface area contributed by atoms with Crippen molar-refractivity contribution in [2.75, 3.05) is 13.1 Å². The number of aryl methyl sites for hydroxylation is 2. The van der Waals surface area contributed by atoms with Gasteiger partial charge in [-0.25, -0.2) is 0 Å². The third kappa shape index (κ3) is 2.86. The minimum Gasteiger partial charge on any atom is -0.299 e. The third-order valence-corrected chi connectivity index (χ3v) is 4.46.